The van der Waals surface area contributed by atoms with E-state index in [4.69, 9.17) is 11.6 Å². The van der Waals surface area contributed by atoms with Gasteiger partial charge in [0.15, 0.2) is 0 Å². The summed E-state index contributed by atoms with van der Waals surface area (Å²) in [5, 5.41) is 6.39. The van der Waals surface area contributed by atoms with Crippen molar-refractivity contribution in [3.05, 3.63) is 58.6 Å². The highest BCUT2D eigenvalue weighted by atomic mass is 35.5. The number of para-hydroxylation sites is 1. The van der Waals surface area contributed by atoms with Crippen LogP contribution in [0.5, 0.6) is 0 Å². The summed E-state index contributed by atoms with van der Waals surface area (Å²) in [4.78, 5) is 26.2. The molecule has 2 aromatic rings. The minimum atomic E-state index is -0.298. The molecule has 3 amide bonds. The number of carbonyl (C=O) groups is 2. The second kappa shape index (κ2) is 7.15. The number of halogens is 1. The molecule has 1 atom stereocenters. The fourth-order valence-corrected chi connectivity index (χ4v) is 3.15. The molecule has 2 aromatic carbocycles. The maximum absolute atomic E-state index is 12.3. The molecule has 0 aromatic heterocycles. The van der Waals surface area contributed by atoms with Gasteiger partial charge in [0, 0.05) is 29.4 Å². The van der Waals surface area contributed by atoms with Crippen molar-refractivity contribution < 1.29 is 9.59 Å². The molecule has 6 heteroatoms. The summed E-state index contributed by atoms with van der Waals surface area (Å²) in [6, 6.07) is 12.4. The van der Waals surface area contributed by atoms with Crippen molar-refractivity contribution >= 4 is 34.9 Å². The Morgan fingerprint density at radius 3 is 2.40 bits per heavy atom. The Morgan fingerprint density at radius 1 is 1.12 bits per heavy atom. The Morgan fingerprint density at radius 2 is 1.76 bits per heavy atom. The largest absolute Gasteiger partial charge is 0.333 e. The number of amides is 3. The number of rotatable bonds is 3. The lowest BCUT2D eigenvalue weighted by molar-refractivity contribution is -0.117. The SMILES string of the molecule is Cc1cccc(C)c1NC(=O)N[C@@H]1CC(=O)N(c2ccc(Cl)cc2)C1. The summed E-state index contributed by atoms with van der Waals surface area (Å²) in [6.45, 7) is 4.34. The smallest absolute Gasteiger partial charge is 0.319 e. The molecule has 0 bridgehead atoms. The number of urea groups is 1. The van der Waals surface area contributed by atoms with Crippen LogP contribution in [0, 0.1) is 13.8 Å². The molecular weight excluding hydrogens is 338 g/mol. The number of nitrogens with zero attached hydrogens (tertiary/aromatic N) is 1. The van der Waals surface area contributed by atoms with Crippen molar-refractivity contribution in [1.29, 1.82) is 0 Å². The number of benzene rings is 2. The van der Waals surface area contributed by atoms with Gasteiger partial charge in [-0.15, -0.1) is 0 Å². The van der Waals surface area contributed by atoms with E-state index in [1.807, 2.05) is 32.0 Å². The summed E-state index contributed by atoms with van der Waals surface area (Å²) >= 11 is 5.89. The molecule has 1 aliphatic rings. The van der Waals surface area contributed by atoms with Crippen LogP contribution < -0.4 is 15.5 Å². The second-order valence-corrected chi connectivity index (χ2v) is 6.68. The highest BCUT2D eigenvalue weighted by molar-refractivity contribution is 6.30. The van der Waals surface area contributed by atoms with Crippen molar-refractivity contribution in [2.24, 2.45) is 0 Å². The summed E-state index contributed by atoms with van der Waals surface area (Å²) < 4.78 is 0. The fraction of sp³-hybridized carbons (Fsp3) is 0.263. The minimum Gasteiger partial charge on any atom is -0.333 e. The van der Waals surface area contributed by atoms with E-state index >= 15 is 0 Å². The number of hydrogen-bond acceptors (Lipinski definition) is 2. The van der Waals surface area contributed by atoms with Crippen LogP contribution in [0.4, 0.5) is 16.2 Å². The van der Waals surface area contributed by atoms with Crippen LogP contribution >= 0.6 is 11.6 Å². The first kappa shape index (κ1) is 17.3. The monoisotopic (exact) mass is 357 g/mol. The molecule has 25 heavy (non-hydrogen) atoms. The molecule has 130 valence electrons. The second-order valence-electron chi connectivity index (χ2n) is 6.25. The van der Waals surface area contributed by atoms with Crippen molar-refractivity contribution in [3.63, 3.8) is 0 Å². The van der Waals surface area contributed by atoms with Crippen LogP contribution in [0.3, 0.4) is 0 Å². The zero-order chi connectivity index (χ0) is 18.0. The number of carbonyl (C=O) groups excluding carboxylic acids is 2. The number of hydrogen-bond donors (Lipinski definition) is 2. The topological polar surface area (TPSA) is 61.4 Å². The summed E-state index contributed by atoms with van der Waals surface area (Å²) in [7, 11) is 0. The zero-order valence-electron chi connectivity index (χ0n) is 14.2. The lowest BCUT2D eigenvalue weighted by atomic mass is 10.1. The Balaban J connectivity index is 1.63. The Hall–Kier alpha value is -2.53. The maximum atomic E-state index is 12.3. The maximum Gasteiger partial charge on any atom is 0.319 e. The third-order valence-corrected chi connectivity index (χ3v) is 4.57. The van der Waals surface area contributed by atoms with Gasteiger partial charge < -0.3 is 15.5 Å². The van der Waals surface area contributed by atoms with Crippen molar-refractivity contribution in [3.8, 4) is 0 Å². The average molecular weight is 358 g/mol. The molecule has 0 radical (unpaired) electrons. The molecule has 1 aliphatic heterocycles. The predicted octanol–water partition coefficient (Wildman–Crippen LogP) is 3.88. The van der Waals surface area contributed by atoms with E-state index in [1.165, 1.54) is 0 Å². The van der Waals surface area contributed by atoms with Crippen LogP contribution in [-0.2, 0) is 4.79 Å². The minimum absolute atomic E-state index is 0.0142. The van der Waals surface area contributed by atoms with Crippen molar-refractivity contribution in [2.45, 2.75) is 26.3 Å². The molecule has 1 saturated heterocycles. The van der Waals surface area contributed by atoms with E-state index in [0.29, 0.717) is 11.6 Å². The lowest BCUT2D eigenvalue weighted by Gasteiger charge is -2.18. The van der Waals surface area contributed by atoms with Gasteiger partial charge in [0.05, 0.1) is 6.04 Å². The number of anilines is 2. The molecular formula is C19H20ClN3O2. The Kier molecular flexibility index (Phi) is 4.95. The first-order chi connectivity index (χ1) is 11.9. The van der Waals surface area contributed by atoms with Gasteiger partial charge in [-0.25, -0.2) is 4.79 Å². The first-order valence-corrected chi connectivity index (χ1v) is 8.51. The van der Waals surface area contributed by atoms with E-state index in [1.54, 1.807) is 29.2 Å². The normalized spacial score (nSPS) is 16.8. The summed E-state index contributed by atoms with van der Waals surface area (Å²) in [5.41, 5.74) is 3.59. The van der Waals surface area contributed by atoms with E-state index < -0.39 is 0 Å². The Bertz CT molecular complexity index is 785. The molecule has 0 saturated carbocycles. The molecule has 3 rings (SSSR count). The third-order valence-electron chi connectivity index (χ3n) is 4.32. The van der Waals surface area contributed by atoms with E-state index in [9.17, 15) is 9.59 Å². The van der Waals surface area contributed by atoms with E-state index in [0.717, 1.165) is 22.5 Å². The van der Waals surface area contributed by atoms with Crippen molar-refractivity contribution in [2.75, 3.05) is 16.8 Å². The molecule has 0 unspecified atom stereocenters. The molecule has 0 aliphatic carbocycles. The lowest BCUT2D eigenvalue weighted by Crippen LogP contribution is -2.40. The average Bonchev–Trinajstić information content (AvgIpc) is 2.92. The fourth-order valence-electron chi connectivity index (χ4n) is 3.02. The highest BCUT2D eigenvalue weighted by Gasteiger charge is 2.31. The van der Waals surface area contributed by atoms with Crippen LogP contribution in [0.25, 0.3) is 0 Å². The zero-order valence-corrected chi connectivity index (χ0v) is 14.9. The van der Waals surface area contributed by atoms with Gasteiger partial charge in [-0.05, 0) is 49.2 Å². The van der Waals surface area contributed by atoms with Gasteiger partial charge in [0.25, 0.3) is 0 Å². The standard InChI is InChI=1S/C19H20ClN3O2/c1-12-4-3-5-13(2)18(12)22-19(25)21-15-10-17(24)23(11-15)16-8-6-14(20)7-9-16/h3-9,15H,10-11H2,1-2H3,(H2,21,22,25)/t15-/m1/s1. The van der Waals surface area contributed by atoms with Crippen LogP contribution in [-0.4, -0.2) is 24.5 Å². The molecule has 1 fully saturated rings. The molecule has 5 nitrogen and oxygen atoms in total. The quantitative estimate of drug-likeness (QED) is 0.875. The van der Waals surface area contributed by atoms with Gasteiger partial charge in [-0.1, -0.05) is 29.8 Å². The van der Waals surface area contributed by atoms with Crippen LogP contribution in [0.15, 0.2) is 42.5 Å². The number of nitrogens with one attached hydrogen (secondary N) is 2. The Labute approximate surface area is 152 Å². The van der Waals surface area contributed by atoms with Gasteiger partial charge in [0.1, 0.15) is 0 Å². The predicted molar refractivity (Wildman–Crippen MR) is 100 cm³/mol. The van der Waals surface area contributed by atoms with Gasteiger partial charge in [-0.3, -0.25) is 4.79 Å². The van der Waals surface area contributed by atoms with E-state index in [-0.39, 0.29) is 24.4 Å². The van der Waals surface area contributed by atoms with Crippen molar-refractivity contribution in [1.82, 2.24) is 5.32 Å². The van der Waals surface area contributed by atoms with Crippen LogP contribution in [0.1, 0.15) is 17.5 Å². The first-order valence-electron chi connectivity index (χ1n) is 8.13. The molecule has 0 spiro atoms. The van der Waals surface area contributed by atoms with Crippen LogP contribution in [0.2, 0.25) is 5.02 Å². The number of aryl methyl sites for hydroxylation is 2. The summed E-state index contributed by atoms with van der Waals surface area (Å²) in [6.07, 6.45) is 0.281. The van der Waals surface area contributed by atoms with Gasteiger partial charge >= 0.3 is 6.03 Å². The highest BCUT2D eigenvalue weighted by Crippen LogP contribution is 2.24. The van der Waals surface area contributed by atoms with Gasteiger partial charge in [-0.2, -0.15) is 0 Å². The third kappa shape index (κ3) is 3.94. The summed E-state index contributed by atoms with van der Waals surface area (Å²) in [5.74, 6) is -0.0142. The molecule has 2 N–H and O–H groups in total. The van der Waals surface area contributed by atoms with E-state index in [2.05, 4.69) is 10.6 Å². The molecule has 1 heterocycles. The van der Waals surface area contributed by atoms with Gasteiger partial charge in [0.2, 0.25) is 5.91 Å².